The minimum absolute atomic E-state index is 0. The molecule has 0 aliphatic carbocycles. The first-order valence-corrected chi connectivity index (χ1v) is 9.19. The Balaban J connectivity index is 0.00000225. The second-order valence-corrected chi connectivity index (χ2v) is 6.72. The molecule has 2 saturated heterocycles. The number of rotatable bonds is 6. The van der Waals surface area contributed by atoms with Gasteiger partial charge in [0.1, 0.15) is 0 Å². The van der Waals surface area contributed by atoms with Crippen molar-refractivity contribution < 1.29 is 4.74 Å². The van der Waals surface area contributed by atoms with Gasteiger partial charge in [0.25, 0.3) is 0 Å². The molecule has 25 heavy (non-hydrogen) atoms. The molecule has 2 fully saturated rings. The lowest BCUT2D eigenvalue weighted by molar-refractivity contribution is -0.0453. The Bertz CT molecular complexity index is 525. The van der Waals surface area contributed by atoms with Crippen LogP contribution < -0.4 is 10.6 Å². The number of fused-ring (bicyclic) bond motifs is 1. The van der Waals surface area contributed by atoms with Crippen molar-refractivity contribution in [2.24, 2.45) is 4.99 Å². The summed E-state index contributed by atoms with van der Waals surface area (Å²) in [6, 6.07) is 11.3. The van der Waals surface area contributed by atoms with E-state index in [1.807, 2.05) is 7.05 Å². The normalized spacial score (nSPS) is 23.6. The number of aryl methyl sites for hydroxylation is 1. The van der Waals surface area contributed by atoms with Gasteiger partial charge in [0.15, 0.2) is 5.96 Å². The summed E-state index contributed by atoms with van der Waals surface area (Å²) < 4.78 is 5.98. The summed E-state index contributed by atoms with van der Waals surface area (Å²) in [5.74, 6) is 0.871. The van der Waals surface area contributed by atoms with Crippen LogP contribution in [0.1, 0.15) is 24.8 Å². The van der Waals surface area contributed by atoms with Gasteiger partial charge in [-0.1, -0.05) is 30.3 Å². The van der Waals surface area contributed by atoms with Gasteiger partial charge in [-0.15, -0.1) is 24.0 Å². The predicted molar refractivity (Wildman–Crippen MR) is 114 cm³/mol. The largest absolute Gasteiger partial charge is 0.373 e. The molecule has 2 unspecified atom stereocenters. The van der Waals surface area contributed by atoms with Crippen molar-refractivity contribution in [2.75, 3.05) is 39.8 Å². The summed E-state index contributed by atoms with van der Waals surface area (Å²) in [5.41, 5.74) is 1.39. The minimum Gasteiger partial charge on any atom is -0.373 e. The summed E-state index contributed by atoms with van der Waals surface area (Å²) >= 11 is 0. The van der Waals surface area contributed by atoms with E-state index in [2.05, 4.69) is 50.9 Å². The number of hydrogen-bond donors (Lipinski definition) is 2. The van der Waals surface area contributed by atoms with Crippen LogP contribution in [0.25, 0.3) is 0 Å². The number of hydrogen-bond acceptors (Lipinski definition) is 3. The molecule has 2 atom stereocenters. The first kappa shape index (κ1) is 20.5. The van der Waals surface area contributed by atoms with Crippen molar-refractivity contribution in [3.8, 4) is 0 Å². The van der Waals surface area contributed by atoms with E-state index in [9.17, 15) is 0 Å². The van der Waals surface area contributed by atoms with Gasteiger partial charge < -0.3 is 15.4 Å². The average Bonchev–Trinajstić information content (AvgIpc) is 3.10. The smallest absolute Gasteiger partial charge is 0.191 e. The number of morpholine rings is 1. The highest BCUT2D eigenvalue weighted by Crippen LogP contribution is 2.22. The van der Waals surface area contributed by atoms with Gasteiger partial charge in [-0.2, -0.15) is 0 Å². The number of halogens is 1. The number of nitrogens with one attached hydrogen (secondary N) is 2. The summed E-state index contributed by atoms with van der Waals surface area (Å²) in [7, 11) is 1.82. The fourth-order valence-electron chi connectivity index (χ4n) is 3.58. The van der Waals surface area contributed by atoms with Gasteiger partial charge in [-0.05, 0) is 37.8 Å². The molecule has 0 spiro atoms. The summed E-state index contributed by atoms with van der Waals surface area (Å²) in [6.45, 7) is 4.91. The Hall–Kier alpha value is -0.860. The van der Waals surface area contributed by atoms with Crippen LogP contribution in [0.5, 0.6) is 0 Å². The van der Waals surface area contributed by atoms with E-state index in [1.165, 1.54) is 24.9 Å². The molecule has 1 aromatic rings. The van der Waals surface area contributed by atoms with Crippen LogP contribution in [0, 0.1) is 0 Å². The maximum Gasteiger partial charge on any atom is 0.191 e. The van der Waals surface area contributed by atoms with Gasteiger partial charge in [0.2, 0.25) is 0 Å². The zero-order valence-corrected chi connectivity index (χ0v) is 17.4. The Kier molecular flexibility index (Phi) is 8.98. The molecule has 6 heteroatoms. The van der Waals surface area contributed by atoms with Gasteiger partial charge in [-0.3, -0.25) is 9.89 Å². The van der Waals surface area contributed by atoms with Crippen LogP contribution in [0.3, 0.4) is 0 Å². The maximum absolute atomic E-state index is 5.98. The third-order valence-corrected chi connectivity index (χ3v) is 4.96. The molecule has 5 nitrogen and oxygen atoms in total. The maximum atomic E-state index is 5.98. The number of nitrogens with zero attached hydrogens (tertiary/aromatic N) is 2. The second-order valence-electron chi connectivity index (χ2n) is 6.72. The molecule has 2 aliphatic heterocycles. The number of guanidine groups is 1. The van der Waals surface area contributed by atoms with Crippen LogP contribution in [0.4, 0.5) is 0 Å². The Morgan fingerprint density at radius 2 is 2.12 bits per heavy atom. The van der Waals surface area contributed by atoms with Gasteiger partial charge >= 0.3 is 0 Å². The van der Waals surface area contributed by atoms with E-state index in [4.69, 9.17) is 4.74 Å². The molecule has 140 valence electrons. The summed E-state index contributed by atoms with van der Waals surface area (Å²) in [6.07, 6.45) is 5.07. The Morgan fingerprint density at radius 1 is 1.28 bits per heavy atom. The fraction of sp³-hybridized carbons (Fsp3) is 0.632. The highest BCUT2D eigenvalue weighted by Gasteiger charge is 2.31. The summed E-state index contributed by atoms with van der Waals surface area (Å²) in [5, 5.41) is 6.80. The first-order valence-electron chi connectivity index (χ1n) is 9.19. The standard InChI is InChI=1S/C19H30N4O.HI/c1-20-19(21-11-5-9-16-7-3-2-4-8-16)22-13-18-14-23-12-6-10-17(23)15-24-18;/h2-4,7-8,17-18H,5-6,9-15H2,1H3,(H2,20,21,22);1H. The van der Waals surface area contributed by atoms with Crippen LogP contribution in [0.15, 0.2) is 35.3 Å². The van der Waals surface area contributed by atoms with Crippen molar-refractivity contribution in [1.29, 1.82) is 0 Å². The zero-order chi connectivity index (χ0) is 16.6. The van der Waals surface area contributed by atoms with Crippen LogP contribution in [-0.4, -0.2) is 62.8 Å². The van der Waals surface area contributed by atoms with E-state index in [-0.39, 0.29) is 30.1 Å². The lowest BCUT2D eigenvalue weighted by Crippen LogP contribution is -2.51. The first-order chi connectivity index (χ1) is 11.8. The van der Waals surface area contributed by atoms with Gasteiger partial charge in [0, 0.05) is 32.7 Å². The van der Waals surface area contributed by atoms with E-state index in [1.54, 1.807) is 0 Å². The molecule has 0 radical (unpaired) electrons. The van der Waals surface area contributed by atoms with Crippen molar-refractivity contribution in [3.05, 3.63) is 35.9 Å². The highest BCUT2D eigenvalue weighted by atomic mass is 127. The lowest BCUT2D eigenvalue weighted by Gasteiger charge is -2.35. The van der Waals surface area contributed by atoms with Gasteiger partial charge in [0.05, 0.1) is 12.7 Å². The fourth-order valence-corrected chi connectivity index (χ4v) is 3.58. The molecule has 0 bridgehead atoms. The highest BCUT2D eigenvalue weighted by molar-refractivity contribution is 14.0. The summed E-state index contributed by atoms with van der Waals surface area (Å²) in [4.78, 5) is 6.88. The number of benzene rings is 1. The molecule has 3 rings (SSSR count). The van der Waals surface area contributed by atoms with Crippen molar-refractivity contribution in [2.45, 2.75) is 37.8 Å². The topological polar surface area (TPSA) is 48.9 Å². The van der Waals surface area contributed by atoms with Crippen LogP contribution in [0.2, 0.25) is 0 Å². The minimum atomic E-state index is 0. The second kappa shape index (κ2) is 11.0. The van der Waals surface area contributed by atoms with Crippen LogP contribution in [-0.2, 0) is 11.2 Å². The van der Waals surface area contributed by atoms with E-state index in [0.29, 0.717) is 6.04 Å². The molecule has 2 heterocycles. The quantitative estimate of drug-likeness (QED) is 0.297. The van der Waals surface area contributed by atoms with Crippen molar-refractivity contribution in [3.63, 3.8) is 0 Å². The van der Waals surface area contributed by atoms with Crippen LogP contribution >= 0.6 is 24.0 Å². The molecular formula is C19H31IN4O. The molecule has 0 aromatic heterocycles. The van der Waals surface area contributed by atoms with E-state index < -0.39 is 0 Å². The Labute approximate surface area is 168 Å². The SMILES string of the molecule is CN=C(NCCCc1ccccc1)NCC1CN2CCCC2CO1.I. The monoisotopic (exact) mass is 458 g/mol. The number of aliphatic imine (C=N–C) groups is 1. The number of ether oxygens (including phenoxy) is 1. The molecule has 1 aromatic carbocycles. The zero-order valence-electron chi connectivity index (χ0n) is 15.1. The third-order valence-electron chi connectivity index (χ3n) is 4.96. The molecule has 0 amide bonds. The molecule has 2 N–H and O–H groups in total. The average molecular weight is 458 g/mol. The molecular weight excluding hydrogens is 427 g/mol. The Morgan fingerprint density at radius 3 is 2.92 bits per heavy atom. The molecule has 2 aliphatic rings. The van der Waals surface area contributed by atoms with Gasteiger partial charge in [-0.25, -0.2) is 0 Å². The van der Waals surface area contributed by atoms with E-state index >= 15 is 0 Å². The lowest BCUT2D eigenvalue weighted by atomic mass is 10.1. The van der Waals surface area contributed by atoms with E-state index in [0.717, 1.165) is 45.0 Å². The predicted octanol–water partition coefficient (Wildman–Crippen LogP) is 2.27. The van der Waals surface area contributed by atoms with Crippen molar-refractivity contribution in [1.82, 2.24) is 15.5 Å². The molecule has 0 saturated carbocycles. The third kappa shape index (κ3) is 6.42. The van der Waals surface area contributed by atoms with Crippen molar-refractivity contribution >= 4 is 29.9 Å².